The molecule has 2 rings (SSSR count). The van der Waals surface area contributed by atoms with Crippen molar-refractivity contribution < 1.29 is 4.39 Å². The quantitative estimate of drug-likeness (QED) is 0.591. The summed E-state index contributed by atoms with van der Waals surface area (Å²) in [4.78, 5) is 2.20. The van der Waals surface area contributed by atoms with Gasteiger partial charge in [0.05, 0.1) is 0 Å². The van der Waals surface area contributed by atoms with E-state index in [2.05, 4.69) is 18.9 Å². The summed E-state index contributed by atoms with van der Waals surface area (Å²) in [5, 5.41) is 0. The molecule has 0 saturated heterocycles. The lowest BCUT2D eigenvalue weighted by molar-refractivity contribution is 0.545. The summed E-state index contributed by atoms with van der Waals surface area (Å²) in [5.74, 6) is 0.501. The molecule has 2 heteroatoms. The summed E-state index contributed by atoms with van der Waals surface area (Å²) in [7, 11) is 2.06. The van der Waals surface area contributed by atoms with E-state index in [1.165, 1.54) is 11.8 Å². The maximum atomic E-state index is 12.9. The average molecular weight is 179 g/mol. The summed E-state index contributed by atoms with van der Waals surface area (Å²) in [6.45, 7) is 3.27. The highest BCUT2D eigenvalue weighted by molar-refractivity contribution is 5.55. The SMILES string of the molecule is CC1Cc2cc(F)ccc2N(C)C1. The van der Waals surface area contributed by atoms with Crippen LogP contribution < -0.4 is 4.90 Å². The molecule has 1 aliphatic rings. The zero-order chi connectivity index (χ0) is 9.42. The Morgan fingerprint density at radius 3 is 3.00 bits per heavy atom. The minimum atomic E-state index is -0.124. The van der Waals surface area contributed by atoms with Crippen molar-refractivity contribution in [3.8, 4) is 0 Å². The zero-order valence-electron chi connectivity index (χ0n) is 8.05. The van der Waals surface area contributed by atoms with Gasteiger partial charge < -0.3 is 4.90 Å². The van der Waals surface area contributed by atoms with Crippen molar-refractivity contribution in [3.05, 3.63) is 29.6 Å². The van der Waals surface area contributed by atoms with Crippen LogP contribution in [-0.4, -0.2) is 13.6 Å². The van der Waals surface area contributed by atoms with Crippen LogP contribution in [0, 0.1) is 11.7 Å². The van der Waals surface area contributed by atoms with E-state index in [1.807, 2.05) is 6.07 Å². The summed E-state index contributed by atoms with van der Waals surface area (Å²) in [5.41, 5.74) is 2.32. The largest absolute Gasteiger partial charge is 0.374 e. The minimum Gasteiger partial charge on any atom is -0.374 e. The van der Waals surface area contributed by atoms with Crippen LogP contribution >= 0.6 is 0 Å². The number of hydrogen-bond acceptors (Lipinski definition) is 1. The molecule has 0 fully saturated rings. The van der Waals surface area contributed by atoms with Crippen molar-refractivity contribution in [1.82, 2.24) is 0 Å². The second-order valence-electron chi connectivity index (χ2n) is 3.96. The second kappa shape index (κ2) is 3.02. The molecule has 1 nitrogen and oxygen atoms in total. The van der Waals surface area contributed by atoms with Gasteiger partial charge in [-0.05, 0) is 36.1 Å². The van der Waals surface area contributed by atoms with Crippen LogP contribution in [0.25, 0.3) is 0 Å². The summed E-state index contributed by atoms with van der Waals surface area (Å²) >= 11 is 0. The van der Waals surface area contributed by atoms with Crippen molar-refractivity contribution in [3.63, 3.8) is 0 Å². The molecule has 1 aromatic rings. The Morgan fingerprint density at radius 2 is 2.23 bits per heavy atom. The summed E-state index contributed by atoms with van der Waals surface area (Å²) < 4.78 is 12.9. The molecule has 0 spiro atoms. The lowest BCUT2D eigenvalue weighted by Gasteiger charge is -2.31. The van der Waals surface area contributed by atoms with Gasteiger partial charge in [0.15, 0.2) is 0 Å². The molecule has 0 N–H and O–H groups in total. The van der Waals surface area contributed by atoms with Gasteiger partial charge >= 0.3 is 0 Å². The first-order valence-electron chi connectivity index (χ1n) is 4.66. The first kappa shape index (κ1) is 8.54. The van der Waals surface area contributed by atoms with Gasteiger partial charge in [0, 0.05) is 19.3 Å². The van der Waals surface area contributed by atoms with Gasteiger partial charge in [0.25, 0.3) is 0 Å². The standard InChI is InChI=1S/C11H14FN/c1-8-5-9-6-10(12)3-4-11(9)13(2)7-8/h3-4,6,8H,5,7H2,1-2H3. The molecule has 0 aliphatic carbocycles. The Bertz CT molecular complexity index is 322. The van der Waals surface area contributed by atoms with Crippen molar-refractivity contribution in [2.75, 3.05) is 18.5 Å². The molecule has 1 unspecified atom stereocenters. The maximum absolute atomic E-state index is 12.9. The van der Waals surface area contributed by atoms with E-state index in [9.17, 15) is 4.39 Å². The molecule has 0 aromatic heterocycles. The van der Waals surface area contributed by atoms with E-state index >= 15 is 0 Å². The molecule has 1 aliphatic heterocycles. The van der Waals surface area contributed by atoms with E-state index in [0.29, 0.717) is 5.92 Å². The van der Waals surface area contributed by atoms with Crippen LogP contribution in [-0.2, 0) is 6.42 Å². The lowest BCUT2D eigenvalue weighted by Crippen LogP contribution is -2.30. The van der Waals surface area contributed by atoms with Crippen LogP contribution in [0.1, 0.15) is 12.5 Å². The number of anilines is 1. The predicted molar refractivity (Wildman–Crippen MR) is 52.5 cm³/mol. The first-order chi connectivity index (χ1) is 6.16. The van der Waals surface area contributed by atoms with E-state index in [0.717, 1.165) is 18.5 Å². The van der Waals surface area contributed by atoms with Crippen LogP contribution in [0.4, 0.5) is 10.1 Å². The summed E-state index contributed by atoms with van der Waals surface area (Å²) in [6.07, 6.45) is 0.997. The molecule has 0 bridgehead atoms. The van der Waals surface area contributed by atoms with E-state index in [4.69, 9.17) is 0 Å². The van der Waals surface area contributed by atoms with E-state index in [-0.39, 0.29) is 5.82 Å². The molecule has 0 saturated carbocycles. The Balaban J connectivity index is 2.43. The first-order valence-corrected chi connectivity index (χ1v) is 4.66. The smallest absolute Gasteiger partial charge is 0.123 e. The maximum Gasteiger partial charge on any atom is 0.123 e. The van der Waals surface area contributed by atoms with Gasteiger partial charge in [0.1, 0.15) is 5.82 Å². The monoisotopic (exact) mass is 179 g/mol. The minimum absolute atomic E-state index is 0.124. The van der Waals surface area contributed by atoms with Gasteiger partial charge in [-0.15, -0.1) is 0 Å². The molecule has 1 atom stereocenters. The van der Waals surface area contributed by atoms with Crippen molar-refractivity contribution in [2.24, 2.45) is 5.92 Å². The highest BCUT2D eigenvalue weighted by Gasteiger charge is 2.18. The number of nitrogens with zero attached hydrogens (tertiary/aromatic N) is 1. The highest BCUT2D eigenvalue weighted by Crippen LogP contribution is 2.28. The fourth-order valence-corrected chi connectivity index (χ4v) is 2.10. The number of hydrogen-bond donors (Lipinski definition) is 0. The third kappa shape index (κ3) is 1.53. The van der Waals surface area contributed by atoms with Gasteiger partial charge in [-0.25, -0.2) is 4.39 Å². The number of benzene rings is 1. The molecular weight excluding hydrogens is 165 g/mol. The van der Waals surface area contributed by atoms with Crippen molar-refractivity contribution >= 4 is 5.69 Å². The van der Waals surface area contributed by atoms with Gasteiger partial charge in [-0.2, -0.15) is 0 Å². The predicted octanol–water partition coefficient (Wildman–Crippen LogP) is 2.45. The normalized spacial score (nSPS) is 21.5. The topological polar surface area (TPSA) is 3.24 Å². The number of halogens is 1. The Morgan fingerprint density at radius 1 is 1.46 bits per heavy atom. The Labute approximate surface area is 78.2 Å². The van der Waals surface area contributed by atoms with Gasteiger partial charge in [0.2, 0.25) is 0 Å². The van der Waals surface area contributed by atoms with Crippen LogP contribution in [0.15, 0.2) is 18.2 Å². The molecular formula is C11H14FN. The van der Waals surface area contributed by atoms with Crippen molar-refractivity contribution in [1.29, 1.82) is 0 Å². The fraction of sp³-hybridized carbons (Fsp3) is 0.455. The third-order valence-corrected chi connectivity index (χ3v) is 2.61. The number of fused-ring (bicyclic) bond motifs is 1. The van der Waals surface area contributed by atoms with Crippen LogP contribution in [0.2, 0.25) is 0 Å². The third-order valence-electron chi connectivity index (χ3n) is 2.61. The molecule has 13 heavy (non-hydrogen) atoms. The lowest BCUT2D eigenvalue weighted by atomic mass is 9.94. The van der Waals surface area contributed by atoms with E-state index < -0.39 is 0 Å². The zero-order valence-corrected chi connectivity index (χ0v) is 8.05. The average Bonchev–Trinajstić information content (AvgIpc) is 2.02. The summed E-state index contributed by atoms with van der Waals surface area (Å²) in [6, 6.07) is 5.06. The second-order valence-corrected chi connectivity index (χ2v) is 3.96. The molecule has 1 heterocycles. The highest BCUT2D eigenvalue weighted by atomic mass is 19.1. The molecule has 0 radical (unpaired) electrons. The molecule has 70 valence electrons. The van der Waals surface area contributed by atoms with Crippen molar-refractivity contribution in [2.45, 2.75) is 13.3 Å². The molecule has 1 aromatic carbocycles. The van der Waals surface area contributed by atoms with Crippen LogP contribution in [0.3, 0.4) is 0 Å². The Hall–Kier alpha value is -1.05. The number of rotatable bonds is 0. The fourth-order valence-electron chi connectivity index (χ4n) is 2.10. The van der Waals surface area contributed by atoms with Crippen LogP contribution in [0.5, 0.6) is 0 Å². The van der Waals surface area contributed by atoms with E-state index in [1.54, 1.807) is 6.07 Å². The molecule has 0 amide bonds. The Kier molecular flexibility index (Phi) is 1.98. The van der Waals surface area contributed by atoms with Gasteiger partial charge in [-0.3, -0.25) is 0 Å². The van der Waals surface area contributed by atoms with Gasteiger partial charge in [-0.1, -0.05) is 6.92 Å².